The summed E-state index contributed by atoms with van der Waals surface area (Å²) in [6.07, 6.45) is 12.1. The van der Waals surface area contributed by atoms with E-state index >= 15 is 0 Å². The van der Waals surface area contributed by atoms with Crippen LogP contribution < -0.4 is 0 Å². The lowest BCUT2D eigenvalue weighted by molar-refractivity contribution is -0.181. The van der Waals surface area contributed by atoms with Crippen molar-refractivity contribution in [3.63, 3.8) is 0 Å². The average Bonchev–Trinajstić information content (AvgIpc) is 2.98. The largest absolute Gasteiger partial charge is 0.275 e. The third-order valence-corrected chi connectivity index (χ3v) is 9.81. The van der Waals surface area contributed by atoms with Gasteiger partial charge in [-0.2, -0.15) is 0 Å². The van der Waals surface area contributed by atoms with Gasteiger partial charge in [-0.15, -0.1) is 0 Å². The van der Waals surface area contributed by atoms with Gasteiger partial charge in [0.25, 0.3) is 0 Å². The molecular weight excluding hydrogens is 322 g/mol. The summed E-state index contributed by atoms with van der Waals surface area (Å²) in [6, 6.07) is 0. The zero-order chi connectivity index (χ0) is 18.7. The molecule has 0 saturated heterocycles. The quantitative estimate of drug-likeness (QED) is 0.625. The van der Waals surface area contributed by atoms with Crippen LogP contribution >= 0.6 is 0 Å². The maximum atomic E-state index is 12.9. The van der Waals surface area contributed by atoms with Gasteiger partial charge in [0.15, 0.2) is 0 Å². The minimum atomic E-state index is 0.162. The van der Waals surface area contributed by atoms with E-state index in [-0.39, 0.29) is 17.2 Å². The van der Waals surface area contributed by atoms with Crippen LogP contribution in [0.3, 0.4) is 0 Å². The van der Waals surface area contributed by atoms with Gasteiger partial charge in [-0.3, -0.25) is 9.63 Å². The minimum Gasteiger partial charge on any atom is -0.275 e. The van der Waals surface area contributed by atoms with Crippen molar-refractivity contribution in [1.29, 1.82) is 0 Å². The van der Waals surface area contributed by atoms with E-state index < -0.39 is 0 Å². The van der Waals surface area contributed by atoms with Crippen LogP contribution in [0.1, 0.15) is 78.6 Å². The van der Waals surface area contributed by atoms with Gasteiger partial charge in [0.2, 0.25) is 5.91 Å². The highest BCUT2D eigenvalue weighted by Gasteiger charge is 2.61. The fraction of sp³-hybridized carbons (Fsp3) is 0.957. The van der Waals surface area contributed by atoms with Gasteiger partial charge in [0, 0.05) is 13.0 Å². The molecule has 148 valence electrons. The number of hydrogen-bond acceptors (Lipinski definition) is 2. The first-order chi connectivity index (χ1) is 12.3. The van der Waals surface area contributed by atoms with Gasteiger partial charge in [0.1, 0.15) is 0 Å². The predicted molar refractivity (Wildman–Crippen MR) is 104 cm³/mol. The predicted octanol–water partition coefficient (Wildman–Crippen LogP) is 5.30. The zero-order valence-corrected chi connectivity index (χ0v) is 17.6. The number of amides is 1. The van der Waals surface area contributed by atoms with E-state index in [4.69, 9.17) is 4.84 Å². The summed E-state index contributed by atoms with van der Waals surface area (Å²) in [6.45, 7) is 7.53. The molecule has 0 aliphatic heterocycles. The Morgan fingerprint density at radius 3 is 2.38 bits per heavy atom. The Labute approximate surface area is 160 Å². The van der Waals surface area contributed by atoms with Crippen LogP contribution in [0.25, 0.3) is 0 Å². The van der Waals surface area contributed by atoms with Crippen LogP contribution in [0.15, 0.2) is 0 Å². The molecule has 4 rings (SSSR count). The lowest BCUT2D eigenvalue weighted by Gasteiger charge is -2.61. The molecule has 0 aromatic heterocycles. The van der Waals surface area contributed by atoms with E-state index in [9.17, 15) is 4.79 Å². The van der Waals surface area contributed by atoms with E-state index in [0.29, 0.717) is 5.41 Å². The Morgan fingerprint density at radius 1 is 0.962 bits per heavy atom. The maximum absolute atomic E-state index is 12.9. The molecule has 3 nitrogen and oxygen atoms in total. The van der Waals surface area contributed by atoms with Gasteiger partial charge in [0.05, 0.1) is 7.11 Å². The van der Waals surface area contributed by atoms with E-state index in [1.54, 1.807) is 14.2 Å². The number of fused-ring (bicyclic) bond motifs is 5. The summed E-state index contributed by atoms with van der Waals surface area (Å²) >= 11 is 0. The Morgan fingerprint density at radius 2 is 1.65 bits per heavy atom. The zero-order valence-electron chi connectivity index (χ0n) is 17.6. The maximum Gasteiger partial charge on any atom is 0.249 e. The topological polar surface area (TPSA) is 29.5 Å². The first-order valence-electron chi connectivity index (χ1n) is 11.1. The average molecular weight is 362 g/mol. The summed E-state index contributed by atoms with van der Waals surface area (Å²) in [7, 11) is 3.38. The third-order valence-electron chi connectivity index (χ3n) is 9.81. The summed E-state index contributed by atoms with van der Waals surface area (Å²) in [5.74, 6) is 4.76. The molecular formula is C23H39NO2. The van der Waals surface area contributed by atoms with Crippen LogP contribution in [0.2, 0.25) is 0 Å². The molecule has 4 fully saturated rings. The van der Waals surface area contributed by atoms with Crippen LogP contribution in [0.4, 0.5) is 0 Å². The number of carbonyl (C=O) groups excluding carboxylic acids is 1. The molecule has 0 bridgehead atoms. The standard InChI is InChI=1S/C23H39NO2/c1-15-10-12-22(2)16(14-15)6-7-17-18-8-9-20(21(25)24(4)26-5)23(18,3)13-11-19(17)22/h15-20H,6-14H2,1-5H3. The summed E-state index contributed by atoms with van der Waals surface area (Å²) in [4.78, 5) is 18.2. The summed E-state index contributed by atoms with van der Waals surface area (Å²) in [5, 5.41) is 1.48. The van der Waals surface area contributed by atoms with Crippen LogP contribution in [0, 0.1) is 46.3 Å². The molecule has 0 spiro atoms. The van der Waals surface area contributed by atoms with Crippen molar-refractivity contribution in [1.82, 2.24) is 5.06 Å². The molecule has 0 radical (unpaired) electrons. The van der Waals surface area contributed by atoms with Crippen molar-refractivity contribution in [3.8, 4) is 0 Å². The van der Waals surface area contributed by atoms with Crippen molar-refractivity contribution in [3.05, 3.63) is 0 Å². The molecule has 3 heteroatoms. The molecule has 8 unspecified atom stereocenters. The number of hydrogen-bond donors (Lipinski definition) is 0. The summed E-state index contributed by atoms with van der Waals surface area (Å²) < 4.78 is 0. The highest BCUT2D eigenvalue weighted by Crippen LogP contribution is 2.67. The second-order valence-corrected chi connectivity index (χ2v) is 10.7. The first kappa shape index (κ1) is 18.8. The van der Waals surface area contributed by atoms with Crippen LogP contribution in [-0.4, -0.2) is 25.1 Å². The second kappa shape index (κ2) is 6.50. The third kappa shape index (κ3) is 2.59. The van der Waals surface area contributed by atoms with Crippen molar-refractivity contribution in [2.45, 2.75) is 78.6 Å². The molecule has 4 aliphatic rings. The highest BCUT2D eigenvalue weighted by molar-refractivity contribution is 5.79. The van der Waals surface area contributed by atoms with Crippen molar-refractivity contribution >= 4 is 5.91 Å². The molecule has 8 atom stereocenters. The number of carbonyl (C=O) groups is 1. The van der Waals surface area contributed by atoms with E-state index in [1.807, 2.05) is 0 Å². The Kier molecular flexibility index (Phi) is 4.69. The van der Waals surface area contributed by atoms with Crippen molar-refractivity contribution in [2.24, 2.45) is 46.3 Å². The van der Waals surface area contributed by atoms with Gasteiger partial charge in [-0.25, -0.2) is 5.06 Å². The number of nitrogens with zero attached hydrogens (tertiary/aromatic N) is 1. The van der Waals surface area contributed by atoms with Gasteiger partial charge in [-0.1, -0.05) is 27.2 Å². The number of rotatable bonds is 2. The highest BCUT2D eigenvalue weighted by atomic mass is 16.7. The molecule has 0 aromatic carbocycles. The lowest BCUT2D eigenvalue weighted by atomic mass is 9.44. The van der Waals surface area contributed by atoms with Crippen molar-refractivity contribution in [2.75, 3.05) is 14.2 Å². The monoisotopic (exact) mass is 361 g/mol. The SMILES string of the molecule is CON(C)C(=O)C1CCC2C3CCC4CC(C)CCC4(C)C3CCC12C. The Balaban J connectivity index is 1.57. The molecule has 1 amide bonds. The molecule has 0 N–H and O–H groups in total. The molecule has 26 heavy (non-hydrogen) atoms. The molecule has 4 saturated carbocycles. The van der Waals surface area contributed by atoms with Crippen LogP contribution in [-0.2, 0) is 9.63 Å². The smallest absolute Gasteiger partial charge is 0.249 e. The Bertz CT molecular complexity index is 562. The van der Waals surface area contributed by atoms with Crippen LogP contribution in [0.5, 0.6) is 0 Å². The second-order valence-electron chi connectivity index (χ2n) is 10.7. The minimum absolute atomic E-state index is 0.162. The fourth-order valence-corrected chi connectivity index (χ4v) is 8.19. The molecule has 4 aliphatic carbocycles. The van der Waals surface area contributed by atoms with E-state index in [2.05, 4.69) is 20.8 Å². The fourth-order valence-electron chi connectivity index (χ4n) is 8.19. The number of hydroxylamine groups is 2. The van der Waals surface area contributed by atoms with Crippen molar-refractivity contribution < 1.29 is 9.63 Å². The van der Waals surface area contributed by atoms with Gasteiger partial charge >= 0.3 is 0 Å². The Hall–Kier alpha value is -0.570. The normalized spacial score (nSPS) is 50.5. The lowest BCUT2D eigenvalue weighted by Crippen LogP contribution is -2.54. The van der Waals surface area contributed by atoms with E-state index in [0.717, 1.165) is 36.0 Å². The van der Waals surface area contributed by atoms with E-state index in [1.165, 1.54) is 56.4 Å². The van der Waals surface area contributed by atoms with Gasteiger partial charge < -0.3 is 0 Å². The molecule has 0 aromatic rings. The molecule has 0 heterocycles. The first-order valence-corrected chi connectivity index (χ1v) is 11.1. The van der Waals surface area contributed by atoms with Gasteiger partial charge in [-0.05, 0) is 91.8 Å². The summed E-state index contributed by atoms with van der Waals surface area (Å²) in [5.41, 5.74) is 0.762.